The van der Waals surface area contributed by atoms with E-state index in [1.807, 2.05) is 6.07 Å². The monoisotopic (exact) mass is 285 g/mol. The lowest BCUT2D eigenvalue weighted by atomic mass is 10.1. The van der Waals surface area contributed by atoms with E-state index in [9.17, 15) is 0 Å². The van der Waals surface area contributed by atoms with E-state index in [2.05, 4.69) is 53.3 Å². The van der Waals surface area contributed by atoms with Gasteiger partial charge in [0.2, 0.25) is 0 Å². The average Bonchev–Trinajstić information content (AvgIpc) is 2.17. The molecule has 1 unspecified atom stereocenters. The Bertz CT molecular complexity index is 317. The molecule has 16 heavy (non-hydrogen) atoms. The van der Waals surface area contributed by atoms with Crippen molar-refractivity contribution in [2.45, 2.75) is 38.8 Å². The molecule has 0 saturated heterocycles. The molecule has 1 aromatic rings. The Labute approximate surface area is 106 Å². The first-order valence-electron chi connectivity index (χ1n) is 5.73. The molecule has 90 valence electrons. The Morgan fingerprint density at radius 2 is 2.06 bits per heavy atom. The topological polar surface area (TPSA) is 32.3 Å². The van der Waals surface area contributed by atoms with Crippen LogP contribution in [0.15, 0.2) is 28.7 Å². The maximum absolute atomic E-state index is 8.83. The fourth-order valence-electron chi connectivity index (χ4n) is 1.84. The first-order chi connectivity index (χ1) is 7.61. The zero-order valence-electron chi connectivity index (χ0n) is 9.91. The molecule has 2 N–H and O–H groups in total. The molecule has 0 spiro atoms. The van der Waals surface area contributed by atoms with E-state index in [0.29, 0.717) is 12.1 Å². The summed E-state index contributed by atoms with van der Waals surface area (Å²) in [6, 6.07) is 9.18. The third-order valence-corrected chi connectivity index (χ3v) is 3.06. The van der Waals surface area contributed by atoms with Gasteiger partial charge in [-0.2, -0.15) is 0 Å². The van der Waals surface area contributed by atoms with Crippen LogP contribution in [-0.4, -0.2) is 23.8 Å². The van der Waals surface area contributed by atoms with Gasteiger partial charge in [-0.05, 0) is 44.4 Å². The minimum atomic E-state index is 0.248. The van der Waals surface area contributed by atoms with Crippen molar-refractivity contribution >= 4 is 15.9 Å². The fraction of sp³-hybridized carbons (Fsp3) is 0.538. The Morgan fingerprint density at radius 3 is 2.69 bits per heavy atom. The number of halogens is 1. The van der Waals surface area contributed by atoms with Crippen LogP contribution in [0, 0.1) is 0 Å². The van der Waals surface area contributed by atoms with Crippen LogP contribution in [-0.2, 0) is 6.42 Å². The number of hydrogen-bond acceptors (Lipinski definition) is 2. The molecule has 0 heterocycles. The highest BCUT2D eigenvalue weighted by Gasteiger charge is 2.07. The van der Waals surface area contributed by atoms with Gasteiger partial charge in [-0.3, -0.25) is 0 Å². The van der Waals surface area contributed by atoms with E-state index in [0.717, 1.165) is 17.3 Å². The predicted octanol–water partition coefficient (Wildman–Crippen LogP) is 2.74. The highest BCUT2D eigenvalue weighted by molar-refractivity contribution is 9.10. The molecule has 0 fully saturated rings. The van der Waals surface area contributed by atoms with Crippen molar-refractivity contribution in [2.75, 3.05) is 6.61 Å². The van der Waals surface area contributed by atoms with Gasteiger partial charge in [-0.25, -0.2) is 0 Å². The second-order valence-corrected chi connectivity index (χ2v) is 5.23. The molecule has 1 aromatic carbocycles. The molecule has 2 atom stereocenters. The van der Waals surface area contributed by atoms with Crippen LogP contribution in [0.4, 0.5) is 0 Å². The van der Waals surface area contributed by atoms with Crippen molar-refractivity contribution in [3.8, 4) is 0 Å². The van der Waals surface area contributed by atoms with Gasteiger partial charge in [0.05, 0.1) is 0 Å². The molecule has 0 aliphatic carbocycles. The molecule has 0 aliphatic heterocycles. The first kappa shape index (κ1) is 13.7. The van der Waals surface area contributed by atoms with Crippen LogP contribution in [0.25, 0.3) is 0 Å². The van der Waals surface area contributed by atoms with E-state index in [1.165, 1.54) is 5.56 Å². The summed E-state index contributed by atoms with van der Waals surface area (Å²) in [4.78, 5) is 0. The van der Waals surface area contributed by atoms with E-state index < -0.39 is 0 Å². The lowest BCUT2D eigenvalue weighted by Crippen LogP contribution is -2.36. The summed E-state index contributed by atoms with van der Waals surface area (Å²) >= 11 is 3.47. The Balaban J connectivity index is 2.42. The van der Waals surface area contributed by atoms with Crippen molar-refractivity contribution in [1.82, 2.24) is 5.32 Å². The normalized spacial score (nSPS) is 14.8. The van der Waals surface area contributed by atoms with Crippen molar-refractivity contribution in [3.05, 3.63) is 34.3 Å². The van der Waals surface area contributed by atoms with Gasteiger partial charge in [0.15, 0.2) is 0 Å². The summed E-state index contributed by atoms with van der Waals surface area (Å²) in [5.74, 6) is 0. The molecule has 1 rings (SSSR count). The number of aliphatic hydroxyl groups excluding tert-OH is 1. The largest absolute Gasteiger partial charge is 0.396 e. The molecule has 0 aromatic heterocycles. The average molecular weight is 286 g/mol. The SMILES string of the molecule is CC(Cc1cccc(Br)c1)N[C@H](C)CCO. The lowest BCUT2D eigenvalue weighted by molar-refractivity contribution is 0.264. The Kier molecular flexibility index (Phi) is 6.03. The van der Waals surface area contributed by atoms with Gasteiger partial charge >= 0.3 is 0 Å². The number of rotatable bonds is 6. The zero-order chi connectivity index (χ0) is 12.0. The summed E-state index contributed by atoms with van der Waals surface area (Å²) in [6.07, 6.45) is 1.82. The highest BCUT2D eigenvalue weighted by Crippen LogP contribution is 2.13. The van der Waals surface area contributed by atoms with Gasteiger partial charge in [-0.15, -0.1) is 0 Å². The van der Waals surface area contributed by atoms with Gasteiger partial charge in [0.1, 0.15) is 0 Å². The van der Waals surface area contributed by atoms with Crippen LogP contribution < -0.4 is 5.32 Å². The summed E-state index contributed by atoms with van der Waals surface area (Å²) in [6.45, 7) is 4.53. The lowest BCUT2D eigenvalue weighted by Gasteiger charge is -2.19. The summed E-state index contributed by atoms with van der Waals surface area (Å²) < 4.78 is 1.13. The molecule has 0 bridgehead atoms. The molecule has 0 aliphatic rings. The Hall–Kier alpha value is -0.380. The second kappa shape index (κ2) is 7.05. The molecule has 0 radical (unpaired) electrons. The van der Waals surface area contributed by atoms with E-state index in [1.54, 1.807) is 0 Å². The zero-order valence-corrected chi connectivity index (χ0v) is 11.5. The number of hydrogen-bond donors (Lipinski definition) is 2. The maximum atomic E-state index is 8.83. The summed E-state index contributed by atoms with van der Waals surface area (Å²) in [5.41, 5.74) is 1.32. The van der Waals surface area contributed by atoms with Crippen LogP contribution in [0.3, 0.4) is 0 Å². The molecule has 0 saturated carbocycles. The standard InChI is InChI=1S/C13H20BrNO/c1-10(6-7-16)15-11(2)8-12-4-3-5-13(14)9-12/h3-5,9-11,15-16H,6-8H2,1-2H3/t10-,11?/m1/s1. The van der Waals surface area contributed by atoms with Crippen molar-refractivity contribution in [1.29, 1.82) is 0 Å². The van der Waals surface area contributed by atoms with E-state index in [-0.39, 0.29) is 6.61 Å². The summed E-state index contributed by atoms with van der Waals surface area (Å²) in [7, 11) is 0. The highest BCUT2D eigenvalue weighted by atomic mass is 79.9. The number of aliphatic hydroxyl groups is 1. The van der Waals surface area contributed by atoms with E-state index in [4.69, 9.17) is 5.11 Å². The third-order valence-electron chi connectivity index (χ3n) is 2.56. The van der Waals surface area contributed by atoms with Crippen LogP contribution in [0.1, 0.15) is 25.8 Å². The maximum Gasteiger partial charge on any atom is 0.0445 e. The predicted molar refractivity (Wildman–Crippen MR) is 71.6 cm³/mol. The quantitative estimate of drug-likeness (QED) is 0.842. The smallest absolute Gasteiger partial charge is 0.0445 e. The number of benzene rings is 1. The molecule has 2 nitrogen and oxygen atoms in total. The minimum absolute atomic E-state index is 0.248. The molecular weight excluding hydrogens is 266 g/mol. The van der Waals surface area contributed by atoms with E-state index >= 15 is 0 Å². The molecular formula is C13H20BrNO. The van der Waals surface area contributed by atoms with Crippen LogP contribution in [0.5, 0.6) is 0 Å². The van der Waals surface area contributed by atoms with Gasteiger partial charge in [-0.1, -0.05) is 28.1 Å². The summed E-state index contributed by atoms with van der Waals surface area (Å²) in [5, 5.41) is 12.3. The molecule has 0 amide bonds. The molecule has 3 heteroatoms. The van der Waals surface area contributed by atoms with Gasteiger partial charge in [0, 0.05) is 23.2 Å². The second-order valence-electron chi connectivity index (χ2n) is 4.32. The van der Waals surface area contributed by atoms with Crippen molar-refractivity contribution in [3.63, 3.8) is 0 Å². The first-order valence-corrected chi connectivity index (χ1v) is 6.52. The van der Waals surface area contributed by atoms with Gasteiger partial charge in [0.25, 0.3) is 0 Å². The fourth-order valence-corrected chi connectivity index (χ4v) is 2.29. The van der Waals surface area contributed by atoms with Crippen molar-refractivity contribution < 1.29 is 5.11 Å². The van der Waals surface area contributed by atoms with Gasteiger partial charge < -0.3 is 10.4 Å². The minimum Gasteiger partial charge on any atom is -0.396 e. The van der Waals surface area contributed by atoms with Crippen molar-refractivity contribution in [2.24, 2.45) is 0 Å². The number of nitrogens with one attached hydrogen (secondary N) is 1. The van der Waals surface area contributed by atoms with Crippen LogP contribution >= 0.6 is 15.9 Å². The third kappa shape index (κ3) is 5.10. The Morgan fingerprint density at radius 1 is 1.31 bits per heavy atom. The van der Waals surface area contributed by atoms with Crippen LogP contribution in [0.2, 0.25) is 0 Å².